The Morgan fingerprint density at radius 1 is 1.27 bits per heavy atom. The second-order valence-electron chi connectivity index (χ2n) is 4.37. The summed E-state index contributed by atoms with van der Waals surface area (Å²) in [6, 6.07) is 4.21. The second-order valence-corrected chi connectivity index (χ2v) is 4.77. The zero-order valence-electron chi connectivity index (χ0n) is 9.76. The van der Waals surface area contributed by atoms with Crippen LogP contribution in [0.2, 0.25) is 5.02 Å². The summed E-state index contributed by atoms with van der Waals surface area (Å²) in [6.07, 6.45) is 0. The molecule has 0 aliphatic rings. The molecule has 0 amide bonds. The van der Waals surface area contributed by atoms with Crippen LogP contribution in [0.4, 0.5) is 11.4 Å². The summed E-state index contributed by atoms with van der Waals surface area (Å²) in [6.45, 7) is 8.56. The van der Waals surface area contributed by atoms with Crippen molar-refractivity contribution < 1.29 is 0 Å². The average Bonchev–Trinajstić information content (AvgIpc) is 2.13. The number of benzene rings is 1. The highest BCUT2D eigenvalue weighted by Crippen LogP contribution is 2.27. The van der Waals surface area contributed by atoms with Gasteiger partial charge in [0.2, 0.25) is 0 Å². The minimum Gasteiger partial charge on any atom is -0.398 e. The van der Waals surface area contributed by atoms with E-state index < -0.39 is 0 Å². The van der Waals surface area contributed by atoms with Gasteiger partial charge in [0, 0.05) is 11.7 Å². The van der Waals surface area contributed by atoms with Crippen LogP contribution in [0.3, 0.4) is 0 Å². The average molecular weight is 227 g/mol. The van der Waals surface area contributed by atoms with E-state index in [0.29, 0.717) is 22.7 Å². The number of anilines is 2. The molecule has 0 bridgehead atoms. The van der Waals surface area contributed by atoms with Crippen LogP contribution < -0.4 is 11.1 Å². The molecule has 0 aliphatic carbocycles. The minimum atomic E-state index is 0.420. The molecule has 0 heterocycles. The smallest absolute Gasteiger partial charge is 0.0656 e. The van der Waals surface area contributed by atoms with Gasteiger partial charge in [-0.3, -0.25) is 0 Å². The first kappa shape index (κ1) is 12.2. The van der Waals surface area contributed by atoms with Crippen molar-refractivity contribution in [3.63, 3.8) is 0 Å². The van der Waals surface area contributed by atoms with Crippen molar-refractivity contribution >= 4 is 23.0 Å². The predicted octanol–water partition coefficient (Wildman–Crippen LogP) is 3.69. The second kappa shape index (κ2) is 4.75. The van der Waals surface area contributed by atoms with Crippen molar-refractivity contribution in [2.45, 2.75) is 33.7 Å². The van der Waals surface area contributed by atoms with Crippen LogP contribution in [0.25, 0.3) is 0 Å². The highest BCUT2D eigenvalue weighted by atomic mass is 35.5. The van der Waals surface area contributed by atoms with Crippen molar-refractivity contribution in [3.8, 4) is 0 Å². The summed E-state index contributed by atoms with van der Waals surface area (Å²) in [5.74, 6) is 0.584. The van der Waals surface area contributed by atoms with Gasteiger partial charge in [-0.2, -0.15) is 0 Å². The molecule has 0 aliphatic heterocycles. The Labute approximate surface area is 96.8 Å². The SMILES string of the molecule is Cc1cc(N)c(Cl)cc1NC(C)C(C)C. The lowest BCUT2D eigenvalue weighted by atomic mass is 10.1. The van der Waals surface area contributed by atoms with Crippen LogP contribution in [0, 0.1) is 12.8 Å². The third-order valence-corrected chi connectivity index (χ3v) is 3.05. The summed E-state index contributed by atoms with van der Waals surface area (Å²) in [7, 11) is 0. The van der Waals surface area contributed by atoms with Crippen LogP contribution in [-0.4, -0.2) is 6.04 Å². The van der Waals surface area contributed by atoms with Crippen LogP contribution >= 0.6 is 11.6 Å². The number of hydrogen-bond donors (Lipinski definition) is 2. The number of aryl methyl sites for hydroxylation is 1. The van der Waals surface area contributed by atoms with Gasteiger partial charge in [0.05, 0.1) is 10.7 Å². The number of halogens is 1. The van der Waals surface area contributed by atoms with E-state index in [2.05, 4.69) is 26.1 Å². The number of hydrogen-bond acceptors (Lipinski definition) is 2. The monoisotopic (exact) mass is 226 g/mol. The molecule has 1 atom stereocenters. The molecule has 0 aromatic heterocycles. The quantitative estimate of drug-likeness (QED) is 0.772. The van der Waals surface area contributed by atoms with E-state index in [0.717, 1.165) is 11.3 Å². The maximum atomic E-state index is 5.98. The van der Waals surface area contributed by atoms with Gasteiger partial charge in [0.25, 0.3) is 0 Å². The van der Waals surface area contributed by atoms with Crippen molar-refractivity contribution in [2.75, 3.05) is 11.1 Å². The topological polar surface area (TPSA) is 38.0 Å². The van der Waals surface area contributed by atoms with Gasteiger partial charge < -0.3 is 11.1 Å². The fourth-order valence-corrected chi connectivity index (χ4v) is 1.43. The molecule has 0 radical (unpaired) electrons. The Bertz CT molecular complexity index is 348. The Balaban J connectivity index is 2.91. The van der Waals surface area contributed by atoms with Crippen molar-refractivity contribution in [3.05, 3.63) is 22.7 Å². The molecule has 1 rings (SSSR count). The summed E-state index contributed by atoms with van der Waals surface area (Å²) in [5.41, 5.74) is 8.55. The van der Waals surface area contributed by atoms with Gasteiger partial charge in [-0.1, -0.05) is 25.4 Å². The number of nitrogens with one attached hydrogen (secondary N) is 1. The first-order chi connectivity index (χ1) is 6.91. The molecule has 1 aromatic rings. The van der Waals surface area contributed by atoms with E-state index in [1.54, 1.807) is 0 Å². The van der Waals surface area contributed by atoms with Crippen LogP contribution in [0.1, 0.15) is 26.3 Å². The maximum Gasteiger partial charge on any atom is 0.0656 e. The van der Waals surface area contributed by atoms with Gasteiger partial charge in [0.1, 0.15) is 0 Å². The van der Waals surface area contributed by atoms with Gasteiger partial charge in [-0.15, -0.1) is 0 Å². The molecule has 0 fully saturated rings. The molecule has 3 N–H and O–H groups in total. The van der Waals surface area contributed by atoms with Gasteiger partial charge in [-0.25, -0.2) is 0 Å². The summed E-state index contributed by atoms with van der Waals surface area (Å²) >= 11 is 5.98. The molecule has 1 unspecified atom stereocenters. The van der Waals surface area contributed by atoms with Crippen LogP contribution in [0.15, 0.2) is 12.1 Å². The van der Waals surface area contributed by atoms with E-state index in [-0.39, 0.29) is 0 Å². The van der Waals surface area contributed by atoms with E-state index >= 15 is 0 Å². The fraction of sp³-hybridized carbons (Fsp3) is 0.500. The van der Waals surface area contributed by atoms with Crippen molar-refractivity contribution in [1.82, 2.24) is 0 Å². The first-order valence-electron chi connectivity index (χ1n) is 5.24. The van der Waals surface area contributed by atoms with Crippen LogP contribution in [0.5, 0.6) is 0 Å². The standard InChI is InChI=1S/C12H19ClN2/c1-7(2)9(4)15-12-6-10(13)11(14)5-8(12)3/h5-7,9,15H,14H2,1-4H3. The normalized spacial score (nSPS) is 12.9. The molecule has 0 saturated heterocycles. The summed E-state index contributed by atoms with van der Waals surface area (Å²) < 4.78 is 0. The molecular weight excluding hydrogens is 208 g/mol. The van der Waals surface area contributed by atoms with E-state index in [9.17, 15) is 0 Å². The Hall–Kier alpha value is -0.890. The van der Waals surface area contributed by atoms with Crippen LogP contribution in [-0.2, 0) is 0 Å². The molecule has 0 spiro atoms. The number of nitrogens with two attached hydrogens (primary N) is 1. The number of rotatable bonds is 3. The van der Waals surface area contributed by atoms with E-state index in [1.807, 2.05) is 19.1 Å². The lowest BCUT2D eigenvalue weighted by Crippen LogP contribution is -2.22. The summed E-state index contributed by atoms with van der Waals surface area (Å²) in [5, 5.41) is 4.05. The lowest BCUT2D eigenvalue weighted by molar-refractivity contribution is 0.560. The molecule has 1 aromatic carbocycles. The van der Waals surface area contributed by atoms with E-state index in [4.69, 9.17) is 17.3 Å². The van der Waals surface area contributed by atoms with Gasteiger partial charge in [0.15, 0.2) is 0 Å². The summed E-state index contributed by atoms with van der Waals surface area (Å²) in [4.78, 5) is 0. The maximum absolute atomic E-state index is 5.98. The fourth-order valence-electron chi connectivity index (χ4n) is 1.27. The molecule has 0 saturated carbocycles. The highest BCUT2D eigenvalue weighted by molar-refractivity contribution is 6.33. The third kappa shape index (κ3) is 3.03. The first-order valence-corrected chi connectivity index (χ1v) is 5.61. The van der Waals surface area contributed by atoms with Gasteiger partial charge >= 0.3 is 0 Å². The molecule has 15 heavy (non-hydrogen) atoms. The van der Waals surface area contributed by atoms with Crippen molar-refractivity contribution in [2.24, 2.45) is 5.92 Å². The Morgan fingerprint density at radius 2 is 1.87 bits per heavy atom. The predicted molar refractivity (Wildman–Crippen MR) is 68.5 cm³/mol. The molecular formula is C12H19ClN2. The zero-order valence-corrected chi connectivity index (χ0v) is 10.5. The third-order valence-electron chi connectivity index (χ3n) is 2.73. The molecule has 2 nitrogen and oxygen atoms in total. The van der Waals surface area contributed by atoms with Gasteiger partial charge in [-0.05, 0) is 37.5 Å². The Kier molecular flexibility index (Phi) is 3.86. The van der Waals surface area contributed by atoms with Crippen molar-refractivity contribution in [1.29, 1.82) is 0 Å². The van der Waals surface area contributed by atoms with E-state index in [1.165, 1.54) is 0 Å². The molecule has 84 valence electrons. The minimum absolute atomic E-state index is 0.420. The number of nitrogen functional groups attached to an aromatic ring is 1. The zero-order chi connectivity index (χ0) is 11.6. The Morgan fingerprint density at radius 3 is 2.40 bits per heavy atom. The molecule has 3 heteroatoms. The highest BCUT2D eigenvalue weighted by Gasteiger charge is 2.09. The lowest BCUT2D eigenvalue weighted by Gasteiger charge is -2.20. The largest absolute Gasteiger partial charge is 0.398 e.